The van der Waals surface area contributed by atoms with Crippen LogP contribution < -0.4 is 9.47 Å². The van der Waals surface area contributed by atoms with Gasteiger partial charge in [-0.2, -0.15) is 0 Å². The van der Waals surface area contributed by atoms with Crippen molar-refractivity contribution in [2.45, 2.75) is 24.9 Å². The van der Waals surface area contributed by atoms with E-state index < -0.39 is 36.4 Å². The molecule has 0 aliphatic rings. The predicted octanol–water partition coefficient (Wildman–Crippen LogP) is 1.56. The first-order chi connectivity index (χ1) is 17.4. The van der Waals surface area contributed by atoms with Crippen LogP contribution in [0.2, 0.25) is 0 Å². The van der Waals surface area contributed by atoms with Gasteiger partial charge in [-0.05, 0) is 41.8 Å². The second-order valence-electron chi connectivity index (χ2n) is 7.80. The SMILES string of the molecule is COc1ccc(CCN(C)C(=O)/C=C/c2cccnc2)cc1OC.O=C(O)CC(O)(CC(=O)O)C(=O)O. The summed E-state index contributed by atoms with van der Waals surface area (Å²) in [4.78, 5) is 48.3. The Morgan fingerprint density at radius 1 is 1.00 bits per heavy atom. The van der Waals surface area contributed by atoms with Gasteiger partial charge in [-0.1, -0.05) is 12.1 Å². The van der Waals surface area contributed by atoms with Gasteiger partial charge in [-0.3, -0.25) is 19.4 Å². The zero-order chi connectivity index (χ0) is 28.0. The second kappa shape index (κ2) is 14.8. The number of rotatable bonds is 12. The lowest BCUT2D eigenvalue weighted by molar-refractivity contribution is -0.170. The summed E-state index contributed by atoms with van der Waals surface area (Å²) in [6, 6.07) is 9.53. The van der Waals surface area contributed by atoms with Gasteiger partial charge in [-0.25, -0.2) is 4.79 Å². The number of carbonyl (C=O) groups is 4. The Kier molecular flexibility index (Phi) is 12.3. The van der Waals surface area contributed by atoms with Crippen LogP contribution >= 0.6 is 0 Å². The standard InChI is InChI=1S/C19H22N2O3.C6H8O7/c1-21(19(22)9-7-16-5-4-11-20-14-16)12-10-15-6-8-17(23-2)18(13-15)24-3;7-3(8)1-6(13,5(11)12)2-4(9)10/h4-9,11,13-14H,10,12H2,1-3H3;13H,1-2H2,(H,7,8)(H,9,10)(H,11,12)/b9-7+;. The molecule has 0 aliphatic carbocycles. The molecule has 0 unspecified atom stereocenters. The minimum atomic E-state index is -2.74. The van der Waals surface area contributed by atoms with E-state index in [2.05, 4.69) is 4.98 Å². The first-order valence-corrected chi connectivity index (χ1v) is 10.8. The fourth-order valence-corrected chi connectivity index (χ4v) is 2.93. The smallest absolute Gasteiger partial charge is 0.336 e. The highest BCUT2D eigenvalue weighted by molar-refractivity contribution is 5.91. The fourth-order valence-electron chi connectivity index (χ4n) is 2.93. The van der Waals surface area contributed by atoms with Gasteiger partial charge in [0.15, 0.2) is 17.1 Å². The summed E-state index contributed by atoms with van der Waals surface area (Å²) in [5.74, 6) is -3.67. The van der Waals surface area contributed by atoms with E-state index in [0.29, 0.717) is 18.0 Å². The molecule has 1 aromatic carbocycles. The fraction of sp³-hybridized carbons (Fsp3) is 0.320. The van der Waals surface area contributed by atoms with Gasteiger partial charge in [0.1, 0.15) is 0 Å². The number of aliphatic carboxylic acids is 3. The van der Waals surface area contributed by atoms with E-state index in [4.69, 9.17) is 29.9 Å². The predicted molar refractivity (Wildman–Crippen MR) is 131 cm³/mol. The summed E-state index contributed by atoms with van der Waals surface area (Å²) < 4.78 is 10.5. The number of ether oxygens (including phenoxy) is 2. The van der Waals surface area contributed by atoms with Gasteiger partial charge in [0, 0.05) is 32.1 Å². The van der Waals surface area contributed by atoms with E-state index in [1.165, 1.54) is 0 Å². The first-order valence-electron chi connectivity index (χ1n) is 10.8. The second-order valence-corrected chi connectivity index (χ2v) is 7.80. The van der Waals surface area contributed by atoms with E-state index in [-0.39, 0.29) is 5.91 Å². The highest BCUT2D eigenvalue weighted by Crippen LogP contribution is 2.27. The zero-order valence-corrected chi connectivity index (χ0v) is 20.7. The van der Waals surface area contributed by atoms with Gasteiger partial charge in [0.25, 0.3) is 0 Å². The van der Waals surface area contributed by atoms with Crippen LogP contribution in [0.25, 0.3) is 6.08 Å². The molecule has 200 valence electrons. The molecule has 2 rings (SSSR count). The van der Waals surface area contributed by atoms with Crippen LogP contribution in [0.4, 0.5) is 0 Å². The van der Waals surface area contributed by atoms with Gasteiger partial charge >= 0.3 is 17.9 Å². The van der Waals surface area contributed by atoms with Crippen molar-refractivity contribution in [3.8, 4) is 11.5 Å². The van der Waals surface area contributed by atoms with Crippen LogP contribution in [0.1, 0.15) is 24.0 Å². The number of methoxy groups -OCH3 is 2. The Bertz CT molecular complexity index is 1090. The minimum Gasteiger partial charge on any atom is -0.493 e. The highest BCUT2D eigenvalue weighted by Gasteiger charge is 2.40. The number of benzene rings is 1. The molecule has 0 aliphatic heterocycles. The zero-order valence-electron chi connectivity index (χ0n) is 20.7. The maximum Gasteiger partial charge on any atom is 0.336 e. The number of amides is 1. The van der Waals surface area contributed by atoms with Crippen LogP contribution in [0, 0.1) is 0 Å². The summed E-state index contributed by atoms with van der Waals surface area (Å²) in [6.07, 6.45) is 5.20. The number of likely N-dealkylation sites (N-methyl/N-ethyl adjacent to an activating group) is 1. The van der Waals surface area contributed by atoms with Crippen LogP contribution in [0.5, 0.6) is 11.5 Å². The van der Waals surface area contributed by atoms with Crippen LogP contribution in [-0.2, 0) is 25.6 Å². The molecule has 0 radical (unpaired) electrons. The molecule has 1 aromatic heterocycles. The van der Waals surface area contributed by atoms with Crippen LogP contribution in [0.15, 0.2) is 48.8 Å². The molecule has 0 saturated carbocycles. The third-order valence-corrected chi connectivity index (χ3v) is 4.95. The molecule has 0 atom stereocenters. The maximum atomic E-state index is 12.1. The summed E-state index contributed by atoms with van der Waals surface area (Å²) >= 11 is 0. The number of aliphatic hydroxyl groups is 1. The largest absolute Gasteiger partial charge is 0.493 e. The highest BCUT2D eigenvalue weighted by atomic mass is 16.5. The van der Waals surface area contributed by atoms with E-state index in [1.54, 1.807) is 50.7 Å². The number of carboxylic acids is 3. The van der Waals surface area contributed by atoms with Crippen molar-refractivity contribution in [1.29, 1.82) is 0 Å². The molecule has 12 heteroatoms. The molecule has 37 heavy (non-hydrogen) atoms. The number of aromatic nitrogens is 1. The summed E-state index contributed by atoms with van der Waals surface area (Å²) in [7, 11) is 5.01. The number of nitrogens with zero attached hydrogens (tertiary/aromatic N) is 2. The molecule has 0 spiro atoms. The number of pyridine rings is 1. The third kappa shape index (κ3) is 10.8. The van der Waals surface area contributed by atoms with Crippen molar-refractivity contribution < 1.29 is 49.1 Å². The molecule has 0 bridgehead atoms. The number of carboxylic acid groups (broad SMARTS) is 3. The topological polar surface area (TPSA) is 184 Å². The van der Waals surface area contributed by atoms with Crippen LogP contribution in [-0.4, -0.2) is 87.5 Å². The Morgan fingerprint density at radius 2 is 1.62 bits per heavy atom. The van der Waals surface area contributed by atoms with Crippen molar-refractivity contribution in [2.75, 3.05) is 27.8 Å². The number of hydrogen-bond acceptors (Lipinski definition) is 8. The van der Waals surface area contributed by atoms with Gasteiger partial charge in [-0.15, -0.1) is 0 Å². The van der Waals surface area contributed by atoms with Gasteiger partial charge in [0.2, 0.25) is 5.91 Å². The molecule has 2 aromatic rings. The van der Waals surface area contributed by atoms with Crippen molar-refractivity contribution in [3.05, 3.63) is 59.9 Å². The van der Waals surface area contributed by atoms with Crippen molar-refractivity contribution >= 4 is 29.9 Å². The third-order valence-electron chi connectivity index (χ3n) is 4.95. The Balaban J connectivity index is 0.000000448. The molecular weight excluding hydrogens is 488 g/mol. The van der Waals surface area contributed by atoms with E-state index in [1.807, 2.05) is 30.3 Å². The lowest BCUT2D eigenvalue weighted by Gasteiger charge is -2.18. The Hall–Kier alpha value is -4.45. The average Bonchev–Trinajstić information content (AvgIpc) is 2.85. The molecule has 0 fully saturated rings. The number of hydrogen-bond donors (Lipinski definition) is 4. The van der Waals surface area contributed by atoms with Crippen molar-refractivity contribution in [1.82, 2.24) is 9.88 Å². The van der Waals surface area contributed by atoms with E-state index in [0.717, 1.165) is 17.5 Å². The van der Waals surface area contributed by atoms with Crippen molar-refractivity contribution in [3.63, 3.8) is 0 Å². The maximum absolute atomic E-state index is 12.1. The minimum absolute atomic E-state index is 0.0423. The molecule has 1 heterocycles. The molecule has 0 saturated heterocycles. The van der Waals surface area contributed by atoms with Gasteiger partial charge in [0.05, 0.1) is 27.1 Å². The first kappa shape index (κ1) is 30.6. The van der Waals surface area contributed by atoms with E-state index in [9.17, 15) is 19.2 Å². The molecular formula is C25H30N2O10. The summed E-state index contributed by atoms with van der Waals surface area (Å²) in [5.41, 5.74) is -0.750. The summed E-state index contributed by atoms with van der Waals surface area (Å²) in [6.45, 7) is 0.617. The molecule has 4 N–H and O–H groups in total. The average molecular weight is 519 g/mol. The molecule has 1 amide bonds. The monoisotopic (exact) mass is 518 g/mol. The van der Waals surface area contributed by atoms with E-state index >= 15 is 0 Å². The van der Waals surface area contributed by atoms with Crippen LogP contribution in [0.3, 0.4) is 0 Å². The lowest BCUT2D eigenvalue weighted by atomic mass is 9.96. The summed E-state index contributed by atoms with van der Waals surface area (Å²) in [5, 5.41) is 33.8. The quantitative estimate of drug-likeness (QED) is 0.299. The number of carbonyl (C=O) groups excluding carboxylic acids is 1. The lowest BCUT2D eigenvalue weighted by Crippen LogP contribution is -2.42. The van der Waals surface area contributed by atoms with Crippen molar-refractivity contribution in [2.24, 2.45) is 0 Å². The normalized spacial score (nSPS) is 10.7. The Labute approximate surface area is 213 Å². The Morgan fingerprint density at radius 3 is 2.11 bits per heavy atom. The molecule has 12 nitrogen and oxygen atoms in total. The van der Waals surface area contributed by atoms with Gasteiger partial charge < -0.3 is 34.8 Å².